The quantitative estimate of drug-likeness (QED) is 0.617. The molecule has 1 amide bonds. The Kier molecular flexibility index (Phi) is 5.48. The van der Waals surface area contributed by atoms with Crippen LogP contribution in [0.4, 0.5) is 5.13 Å². The van der Waals surface area contributed by atoms with Crippen molar-refractivity contribution in [1.82, 2.24) is 4.98 Å². The number of hydrogen-bond acceptors (Lipinski definition) is 5. The Labute approximate surface area is 147 Å². The van der Waals surface area contributed by atoms with Crippen molar-refractivity contribution in [2.45, 2.75) is 17.7 Å². The fourth-order valence-corrected chi connectivity index (χ4v) is 3.95. The monoisotopic (exact) mass is 360 g/mol. The van der Waals surface area contributed by atoms with Crippen molar-refractivity contribution in [2.24, 2.45) is 0 Å². The minimum atomic E-state index is 0.00910. The summed E-state index contributed by atoms with van der Waals surface area (Å²) in [5.41, 5.74) is 3.17. The van der Waals surface area contributed by atoms with Crippen molar-refractivity contribution in [3.63, 3.8) is 0 Å². The molecule has 0 saturated heterocycles. The van der Waals surface area contributed by atoms with E-state index in [9.17, 15) is 4.79 Å². The van der Waals surface area contributed by atoms with Gasteiger partial charge in [-0.25, -0.2) is 4.98 Å². The summed E-state index contributed by atoms with van der Waals surface area (Å²) in [7, 11) is 0. The van der Waals surface area contributed by atoms with Gasteiger partial charge in [-0.3, -0.25) is 4.79 Å². The van der Waals surface area contributed by atoms with Crippen molar-refractivity contribution < 1.29 is 4.79 Å². The number of thioether (sulfide) groups is 1. The minimum absolute atomic E-state index is 0.00910. The van der Waals surface area contributed by atoms with Gasteiger partial charge < -0.3 is 5.32 Å². The van der Waals surface area contributed by atoms with Crippen LogP contribution in [0.2, 0.25) is 0 Å². The zero-order valence-electron chi connectivity index (χ0n) is 12.6. The zero-order chi connectivity index (χ0) is 16.1. The van der Waals surface area contributed by atoms with E-state index >= 15 is 0 Å². The highest BCUT2D eigenvalue weighted by Gasteiger charge is 2.08. The molecule has 3 aromatic rings. The largest absolute Gasteiger partial charge is 0.302 e. The van der Waals surface area contributed by atoms with E-state index < -0.39 is 0 Å². The van der Waals surface area contributed by atoms with Crippen LogP contribution in [0.15, 0.2) is 51.4 Å². The van der Waals surface area contributed by atoms with Crippen LogP contribution < -0.4 is 5.32 Å². The van der Waals surface area contributed by atoms with Crippen LogP contribution in [0.3, 0.4) is 0 Å². The number of aryl methyl sites for hydroxylation is 1. The van der Waals surface area contributed by atoms with Crippen LogP contribution >= 0.6 is 34.4 Å². The number of thiazole rings is 1. The Balaban J connectivity index is 1.58. The predicted octanol–water partition coefficient (Wildman–Crippen LogP) is 5.16. The molecular weight excluding hydrogens is 344 g/mol. The molecule has 23 heavy (non-hydrogen) atoms. The van der Waals surface area contributed by atoms with Crippen LogP contribution in [-0.2, 0) is 11.2 Å². The van der Waals surface area contributed by atoms with Gasteiger partial charge in [0.2, 0.25) is 5.91 Å². The minimum Gasteiger partial charge on any atom is -0.302 e. The van der Waals surface area contributed by atoms with E-state index in [2.05, 4.69) is 52.3 Å². The Morgan fingerprint density at radius 2 is 2.04 bits per heavy atom. The number of nitrogens with zero attached hydrogens (tertiary/aromatic N) is 1. The van der Waals surface area contributed by atoms with E-state index in [1.54, 1.807) is 23.1 Å². The Morgan fingerprint density at radius 3 is 2.74 bits per heavy atom. The average molecular weight is 361 g/mol. The lowest BCUT2D eigenvalue weighted by Crippen LogP contribution is -2.11. The third-order valence-corrected chi connectivity index (χ3v) is 5.59. The number of amides is 1. The molecule has 0 bridgehead atoms. The maximum Gasteiger partial charge on any atom is 0.226 e. The van der Waals surface area contributed by atoms with Gasteiger partial charge in [-0.15, -0.1) is 23.1 Å². The summed E-state index contributed by atoms with van der Waals surface area (Å²) in [6.07, 6.45) is 3.30. The van der Waals surface area contributed by atoms with Crippen molar-refractivity contribution in [3.8, 4) is 11.3 Å². The van der Waals surface area contributed by atoms with Gasteiger partial charge >= 0.3 is 0 Å². The molecule has 0 fully saturated rings. The highest BCUT2D eigenvalue weighted by Crippen LogP contribution is 2.26. The standard InChI is InChI=1S/C17H16N2OS3/c1-21-14-5-3-13(4-6-14)15-11-23-17(18-15)19-16(20)7-2-12-8-9-22-10-12/h3-6,8-11H,2,7H2,1H3,(H,18,19,20). The zero-order valence-corrected chi connectivity index (χ0v) is 15.1. The first-order chi connectivity index (χ1) is 11.2. The first-order valence-electron chi connectivity index (χ1n) is 7.15. The molecular formula is C17H16N2OS3. The van der Waals surface area contributed by atoms with Gasteiger partial charge in [0.15, 0.2) is 5.13 Å². The number of carbonyl (C=O) groups is 1. The van der Waals surface area contributed by atoms with Crippen LogP contribution in [0.1, 0.15) is 12.0 Å². The van der Waals surface area contributed by atoms with Gasteiger partial charge in [0, 0.05) is 22.3 Å². The van der Waals surface area contributed by atoms with E-state index in [1.807, 2.05) is 10.8 Å². The van der Waals surface area contributed by atoms with Crippen LogP contribution in [0, 0.1) is 0 Å². The topological polar surface area (TPSA) is 42.0 Å². The van der Waals surface area contributed by atoms with Gasteiger partial charge in [0.25, 0.3) is 0 Å². The highest BCUT2D eigenvalue weighted by atomic mass is 32.2. The fraction of sp³-hybridized carbons (Fsp3) is 0.176. The number of thiophene rings is 1. The lowest BCUT2D eigenvalue weighted by molar-refractivity contribution is -0.116. The summed E-state index contributed by atoms with van der Waals surface area (Å²) in [5, 5.41) is 9.62. The SMILES string of the molecule is CSc1ccc(-c2csc(NC(=O)CCc3ccsc3)n2)cc1. The molecule has 0 spiro atoms. The molecule has 0 aliphatic heterocycles. The Hall–Kier alpha value is -1.63. The predicted molar refractivity (Wildman–Crippen MR) is 101 cm³/mol. The van der Waals surface area contributed by atoms with Crippen LogP contribution in [-0.4, -0.2) is 17.1 Å². The fourth-order valence-electron chi connectivity index (χ4n) is 2.10. The van der Waals surface area contributed by atoms with Crippen molar-refractivity contribution in [1.29, 1.82) is 0 Å². The highest BCUT2D eigenvalue weighted by molar-refractivity contribution is 7.98. The van der Waals surface area contributed by atoms with E-state index in [0.717, 1.165) is 17.7 Å². The normalized spacial score (nSPS) is 10.7. The number of rotatable bonds is 6. The van der Waals surface area contributed by atoms with Crippen LogP contribution in [0.5, 0.6) is 0 Å². The molecule has 0 radical (unpaired) electrons. The third-order valence-electron chi connectivity index (χ3n) is 3.36. The number of nitrogens with one attached hydrogen (secondary N) is 1. The number of benzene rings is 1. The first-order valence-corrected chi connectivity index (χ1v) is 10.2. The summed E-state index contributed by atoms with van der Waals surface area (Å²) in [6, 6.07) is 10.3. The van der Waals surface area contributed by atoms with Crippen molar-refractivity contribution in [3.05, 3.63) is 52.0 Å². The smallest absolute Gasteiger partial charge is 0.226 e. The molecule has 0 aliphatic rings. The van der Waals surface area contributed by atoms with E-state index in [1.165, 1.54) is 21.8 Å². The number of hydrogen-bond donors (Lipinski definition) is 1. The van der Waals surface area contributed by atoms with Gasteiger partial charge in [-0.1, -0.05) is 12.1 Å². The van der Waals surface area contributed by atoms with E-state index in [4.69, 9.17) is 0 Å². The summed E-state index contributed by atoms with van der Waals surface area (Å²) in [5.74, 6) is 0.00910. The van der Waals surface area contributed by atoms with Crippen molar-refractivity contribution in [2.75, 3.05) is 11.6 Å². The molecule has 2 aromatic heterocycles. The molecule has 118 valence electrons. The number of anilines is 1. The molecule has 1 aromatic carbocycles. The third kappa shape index (κ3) is 4.43. The molecule has 0 unspecified atom stereocenters. The van der Waals surface area contributed by atoms with E-state index in [-0.39, 0.29) is 5.91 Å². The van der Waals surface area contributed by atoms with Crippen molar-refractivity contribution >= 4 is 45.5 Å². The van der Waals surface area contributed by atoms with Gasteiger partial charge in [-0.05, 0) is 47.2 Å². The molecule has 0 saturated carbocycles. The second-order valence-electron chi connectivity index (χ2n) is 4.95. The maximum atomic E-state index is 12.0. The van der Waals surface area contributed by atoms with Gasteiger partial charge in [-0.2, -0.15) is 11.3 Å². The summed E-state index contributed by atoms with van der Waals surface area (Å²) in [6.45, 7) is 0. The molecule has 0 atom stereocenters. The van der Waals surface area contributed by atoms with E-state index in [0.29, 0.717) is 11.6 Å². The maximum absolute atomic E-state index is 12.0. The molecule has 3 rings (SSSR count). The lowest BCUT2D eigenvalue weighted by Gasteiger charge is -2.01. The summed E-state index contributed by atoms with van der Waals surface area (Å²) < 4.78 is 0. The molecule has 3 nitrogen and oxygen atoms in total. The van der Waals surface area contributed by atoms with Crippen LogP contribution in [0.25, 0.3) is 11.3 Å². The molecule has 0 aliphatic carbocycles. The van der Waals surface area contributed by atoms with Gasteiger partial charge in [0.1, 0.15) is 0 Å². The summed E-state index contributed by atoms with van der Waals surface area (Å²) >= 11 is 4.83. The molecule has 2 heterocycles. The lowest BCUT2D eigenvalue weighted by atomic mass is 10.2. The summed E-state index contributed by atoms with van der Waals surface area (Å²) in [4.78, 5) is 17.7. The average Bonchev–Trinajstić information content (AvgIpc) is 3.25. The number of aromatic nitrogens is 1. The molecule has 6 heteroatoms. The second-order valence-corrected chi connectivity index (χ2v) is 7.46. The second kappa shape index (κ2) is 7.77. The Morgan fingerprint density at radius 1 is 1.22 bits per heavy atom. The first kappa shape index (κ1) is 16.2. The molecule has 1 N–H and O–H groups in total. The number of carbonyl (C=O) groups excluding carboxylic acids is 1. The Bertz CT molecular complexity index is 764. The van der Waals surface area contributed by atoms with Gasteiger partial charge in [0.05, 0.1) is 5.69 Å².